The van der Waals surface area contributed by atoms with Crippen molar-refractivity contribution in [1.29, 1.82) is 0 Å². The van der Waals surface area contributed by atoms with Crippen molar-refractivity contribution in [2.45, 2.75) is 0 Å². The van der Waals surface area contributed by atoms with Gasteiger partial charge in [0.25, 0.3) is 0 Å². The summed E-state index contributed by atoms with van der Waals surface area (Å²) in [6, 6.07) is 17.2. The van der Waals surface area contributed by atoms with Crippen LogP contribution in [0, 0.1) is 0 Å². The Hall–Kier alpha value is -1.87. The fourth-order valence-corrected chi connectivity index (χ4v) is 2.19. The average Bonchev–Trinajstić information content (AvgIpc) is 2.39. The quantitative estimate of drug-likeness (QED) is 0.724. The predicted octanol–water partition coefficient (Wildman–Crippen LogP) is 4.37. The van der Waals surface area contributed by atoms with Crippen LogP contribution in [-0.2, 0) is 0 Å². The summed E-state index contributed by atoms with van der Waals surface area (Å²) in [5.74, 6) is 0.205. The first-order valence-electron chi connectivity index (χ1n) is 5.59. The van der Waals surface area contributed by atoms with Crippen LogP contribution < -0.4 is 0 Å². The van der Waals surface area contributed by atoms with Gasteiger partial charge in [-0.05, 0) is 24.3 Å². The van der Waals surface area contributed by atoms with Gasteiger partial charge in [0.1, 0.15) is 11.4 Å². The number of nitrogens with zero attached hydrogens (tertiary/aromatic N) is 1. The molecule has 0 aliphatic heterocycles. The van der Waals surface area contributed by atoms with Crippen LogP contribution in [0.25, 0.3) is 22.2 Å². The number of aromatic nitrogens is 1. The number of pyridine rings is 1. The van der Waals surface area contributed by atoms with Crippen LogP contribution in [0.3, 0.4) is 0 Å². The number of rotatable bonds is 1. The van der Waals surface area contributed by atoms with Crippen LogP contribution in [-0.4, -0.2) is 10.1 Å². The van der Waals surface area contributed by atoms with E-state index in [0.717, 1.165) is 20.9 Å². The summed E-state index contributed by atoms with van der Waals surface area (Å²) in [4.78, 5) is 4.51. The van der Waals surface area contributed by atoms with Crippen molar-refractivity contribution in [2.75, 3.05) is 0 Å². The summed E-state index contributed by atoms with van der Waals surface area (Å²) in [6.07, 6.45) is 0. The van der Waals surface area contributed by atoms with Gasteiger partial charge in [-0.1, -0.05) is 46.3 Å². The van der Waals surface area contributed by atoms with E-state index in [9.17, 15) is 5.11 Å². The number of aromatic hydroxyl groups is 1. The average molecular weight is 300 g/mol. The van der Waals surface area contributed by atoms with E-state index in [1.54, 1.807) is 6.07 Å². The molecule has 1 heterocycles. The summed E-state index contributed by atoms with van der Waals surface area (Å²) in [5.41, 5.74) is 2.40. The zero-order chi connectivity index (χ0) is 12.5. The van der Waals surface area contributed by atoms with Crippen LogP contribution in [0.2, 0.25) is 0 Å². The lowest BCUT2D eigenvalue weighted by molar-refractivity contribution is 0.476. The molecule has 1 aromatic heterocycles. The van der Waals surface area contributed by atoms with Gasteiger partial charge in [-0.25, -0.2) is 4.98 Å². The van der Waals surface area contributed by atoms with Gasteiger partial charge < -0.3 is 5.11 Å². The van der Waals surface area contributed by atoms with Crippen LogP contribution in [0.1, 0.15) is 0 Å². The highest BCUT2D eigenvalue weighted by Gasteiger charge is 2.07. The van der Waals surface area contributed by atoms with E-state index in [1.807, 2.05) is 48.5 Å². The summed E-state index contributed by atoms with van der Waals surface area (Å²) in [6.45, 7) is 0. The third-order valence-corrected chi connectivity index (χ3v) is 3.35. The molecule has 3 heteroatoms. The minimum Gasteiger partial charge on any atom is -0.506 e. The Bertz CT molecular complexity index is 707. The highest BCUT2D eigenvalue weighted by molar-refractivity contribution is 9.10. The van der Waals surface area contributed by atoms with Gasteiger partial charge in [0.2, 0.25) is 0 Å². The molecule has 0 atom stereocenters. The topological polar surface area (TPSA) is 33.1 Å². The van der Waals surface area contributed by atoms with Gasteiger partial charge in [-0.15, -0.1) is 0 Å². The number of fused-ring (bicyclic) bond motifs is 1. The number of para-hydroxylation sites is 1. The molecule has 88 valence electrons. The Balaban J connectivity index is 2.22. The minimum atomic E-state index is 0.205. The van der Waals surface area contributed by atoms with E-state index >= 15 is 0 Å². The molecule has 3 rings (SSSR count). The minimum absolute atomic E-state index is 0.205. The summed E-state index contributed by atoms with van der Waals surface area (Å²) in [7, 11) is 0. The summed E-state index contributed by atoms with van der Waals surface area (Å²) >= 11 is 3.39. The molecule has 3 aromatic rings. The zero-order valence-electron chi connectivity index (χ0n) is 9.47. The van der Waals surface area contributed by atoms with Crippen molar-refractivity contribution < 1.29 is 5.11 Å². The molecule has 0 bridgehead atoms. The highest BCUT2D eigenvalue weighted by atomic mass is 79.9. The molecule has 0 radical (unpaired) electrons. The van der Waals surface area contributed by atoms with E-state index in [1.165, 1.54) is 0 Å². The molecule has 0 amide bonds. The first kappa shape index (κ1) is 11.2. The number of hydrogen-bond acceptors (Lipinski definition) is 2. The Morgan fingerprint density at radius 3 is 2.44 bits per heavy atom. The molecule has 18 heavy (non-hydrogen) atoms. The zero-order valence-corrected chi connectivity index (χ0v) is 11.1. The van der Waals surface area contributed by atoms with Crippen molar-refractivity contribution in [3.8, 4) is 17.0 Å². The smallest absolute Gasteiger partial charge is 0.142 e. The first-order chi connectivity index (χ1) is 8.74. The van der Waals surface area contributed by atoms with E-state index in [-0.39, 0.29) is 5.75 Å². The fourth-order valence-electron chi connectivity index (χ4n) is 1.92. The molecule has 1 N–H and O–H groups in total. The molecular weight excluding hydrogens is 290 g/mol. The van der Waals surface area contributed by atoms with Crippen molar-refractivity contribution in [1.82, 2.24) is 4.98 Å². The summed E-state index contributed by atoms with van der Waals surface area (Å²) < 4.78 is 1.01. The second kappa shape index (κ2) is 4.42. The van der Waals surface area contributed by atoms with Gasteiger partial charge in [0.15, 0.2) is 0 Å². The summed E-state index contributed by atoms with van der Waals surface area (Å²) in [5, 5.41) is 11.0. The van der Waals surface area contributed by atoms with E-state index in [0.29, 0.717) is 5.69 Å². The van der Waals surface area contributed by atoms with E-state index < -0.39 is 0 Å². The molecule has 0 unspecified atom stereocenters. The maximum Gasteiger partial charge on any atom is 0.142 e. The first-order valence-corrected chi connectivity index (χ1v) is 6.38. The third kappa shape index (κ3) is 1.97. The fraction of sp³-hybridized carbons (Fsp3) is 0. The third-order valence-electron chi connectivity index (χ3n) is 2.82. The van der Waals surface area contributed by atoms with Crippen molar-refractivity contribution in [3.63, 3.8) is 0 Å². The maximum atomic E-state index is 10.1. The van der Waals surface area contributed by atoms with Gasteiger partial charge in [0, 0.05) is 15.4 Å². The van der Waals surface area contributed by atoms with Crippen LogP contribution in [0.4, 0.5) is 0 Å². The molecule has 0 saturated heterocycles. The Kier molecular flexibility index (Phi) is 2.76. The number of hydrogen-bond donors (Lipinski definition) is 1. The van der Waals surface area contributed by atoms with Crippen molar-refractivity contribution in [2.24, 2.45) is 0 Å². The molecule has 2 aromatic carbocycles. The van der Waals surface area contributed by atoms with Crippen LogP contribution in [0.5, 0.6) is 5.75 Å². The predicted molar refractivity (Wildman–Crippen MR) is 76.5 cm³/mol. The molecule has 0 spiro atoms. The van der Waals surface area contributed by atoms with Crippen molar-refractivity contribution >= 4 is 26.8 Å². The molecule has 0 saturated carbocycles. The Morgan fingerprint density at radius 2 is 1.67 bits per heavy atom. The number of halogens is 1. The molecule has 0 aliphatic carbocycles. The lowest BCUT2D eigenvalue weighted by atomic mass is 10.1. The molecular formula is C15H10BrNO. The molecule has 0 aliphatic rings. The van der Waals surface area contributed by atoms with Gasteiger partial charge in [-0.3, -0.25) is 0 Å². The standard InChI is InChI=1S/C15H10BrNO/c16-12-7-5-10(6-8-12)15-14(18)9-11-3-1-2-4-13(11)17-15/h1-9,18H. The van der Waals surface area contributed by atoms with Gasteiger partial charge in [0.05, 0.1) is 5.52 Å². The van der Waals surface area contributed by atoms with Crippen molar-refractivity contribution in [3.05, 3.63) is 59.1 Å². The largest absolute Gasteiger partial charge is 0.506 e. The normalized spacial score (nSPS) is 10.7. The molecule has 2 nitrogen and oxygen atoms in total. The lowest BCUT2D eigenvalue weighted by Crippen LogP contribution is -1.86. The Labute approximate surface area is 113 Å². The molecule has 0 fully saturated rings. The second-order valence-corrected chi connectivity index (χ2v) is 4.97. The Morgan fingerprint density at radius 1 is 0.944 bits per heavy atom. The SMILES string of the molecule is Oc1cc2ccccc2nc1-c1ccc(Br)cc1. The lowest BCUT2D eigenvalue weighted by Gasteiger charge is -2.06. The van der Waals surface area contributed by atoms with Gasteiger partial charge in [-0.2, -0.15) is 0 Å². The van der Waals surface area contributed by atoms with E-state index in [4.69, 9.17) is 0 Å². The maximum absolute atomic E-state index is 10.1. The second-order valence-electron chi connectivity index (χ2n) is 4.06. The monoisotopic (exact) mass is 299 g/mol. The van der Waals surface area contributed by atoms with Gasteiger partial charge >= 0.3 is 0 Å². The van der Waals surface area contributed by atoms with Crippen LogP contribution >= 0.6 is 15.9 Å². The van der Waals surface area contributed by atoms with Crippen LogP contribution in [0.15, 0.2) is 59.1 Å². The highest BCUT2D eigenvalue weighted by Crippen LogP contribution is 2.30. The van der Waals surface area contributed by atoms with E-state index in [2.05, 4.69) is 20.9 Å². The number of benzene rings is 2.